The first-order chi connectivity index (χ1) is 14.0. The zero-order chi connectivity index (χ0) is 20.8. The Bertz CT molecular complexity index is 1040. The molecule has 0 atom stereocenters. The zero-order valence-electron chi connectivity index (χ0n) is 15.9. The van der Waals surface area contributed by atoms with Gasteiger partial charge in [-0.2, -0.15) is 0 Å². The van der Waals surface area contributed by atoms with Crippen LogP contribution in [-0.2, 0) is 22.6 Å². The van der Waals surface area contributed by atoms with Crippen LogP contribution in [0.5, 0.6) is 5.75 Å². The summed E-state index contributed by atoms with van der Waals surface area (Å²) in [5.41, 5.74) is 2.58. The number of para-hydroxylation sites is 1. The van der Waals surface area contributed by atoms with E-state index in [-0.39, 0.29) is 24.5 Å². The van der Waals surface area contributed by atoms with E-state index < -0.39 is 5.97 Å². The maximum Gasteiger partial charge on any atom is 0.342 e. The monoisotopic (exact) mass is 430 g/mol. The van der Waals surface area contributed by atoms with Gasteiger partial charge in [0.2, 0.25) is 5.91 Å². The van der Waals surface area contributed by atoms with Crippen molar-refractivity contribution in [1.82, 2.24) is 4.98 Å². The van der Waals surface area contributed by atoms with E-state index in [1.165, 1.54) is 24.5 Å². The van der Waals surface area contributed by atoms with Crippen LogP contribution in [0, 0.1) is 6.92 Å². The molecule has 0 bridgehead atoms. The van der Waals surface area contributed by atoms with Gasteiger partial charge in [-0.1, -0.05) is 29.8 Å². The molecule has 2 aromatic carbocycles. The van der Waals surface area contributed by atoms with E-state index in [0.717, 1.165) is 11.3 Å². The second-order valence-corrected chi connectivity index (χ2v) is 7.57. The number of benzene rings is 2. The number of aromatic nitrogens is 1. The van der Waals surface area contributed by atoms with Crippen LogP contribution >= 0.6 is 22.9 Å². The number of amides is 1. The average molecular weight is 431 g/mol. The minimum atomic E-state index is -0.559. The molecule has 0 aliphatic heterocycles. The van der Waals surface area contributed by atoms with Gasteiger partial charge in [0.05, 0.1) is 19.2 Å². The van der Waals surface area contributed by atoms with Gasteiger partial charge in [0.15, 0.2) is 0 Å². The molecule has 3 rings (SSSR count). The van der Waals surface area contributed by atoms with Gasteiger partial charge in [-0.25, -0.2) is 9.78 Å². The molecule has 0 radical (unpaired) electrons. The van der Waals surface area contributed by atoms with Crippen molar-refractivity contribution in [2.24, 2.45) is 0 Å². The summed E-state index contributed by atoms with van der Waals surface area (Å²) in [6, 6.07) is 12.3. The third-order valence-corrected chi connectivity index (χ3v) is 5.20. The van der Waals surface area contributed by atoms with Crippen LogP contribution in [0.15, 0.2) is 47.8 Å². The molecular weight excluding hydrogens is 412 g/mol. The average Bonchev–Trinajstić information content (AvgIpc) is 3.15. The molecule has 0 unspecified atom stereocenters. The number of methoxy groups -OCH3 is 1. The summed E-state index contributed by atoms with van der Waals surface area (Å²) < 4.78 is 10.5. The van der Waals surface area contributed by atoms with Gasteiger partial charge in [-0.3, -0.25) is 4.79 Å². The van der Waals surface area contributed by atoms with E-state index in [1.54, 1.807) is 17.5 Å². The number of carbonyl (C=O) groups excluding carboxylic acids is 2. The molecule has 150 valence electrons. The lowest BCUT2D eigenvalue weighted by molar-refractivity contribution is -0.115. The molecule has 0 fully saturated rings. The number of nitrogens with one attached hydrogen (secondary N) is 1. The quantitative estimate of drug-likeness (QED) is 0.552. The molecule has 0 saturated heterocycles. The fraction of sp³-hybridized carbons (Fsp3) is 0.190. The first-order valence-electron chi connectivity index (χ1n) is 8.75. The number of thiazole rings is 1. The summed E-state index contributed by atoms with van der Waals surface area (Å²) in [5, 5.41) is 5.69. The van der Waals surface area contributed by atoms with Crippen LogP contribution in [-0.4, -0.2) is 24.0 Å². The van der Waals surface area contributed by atoms with E-state index in [4.69, 9.17) is 21.1 Å². The van der Waals surface area contributed by atoms with Gasteiger partial charge in [0.1, 0.15) is 22.9 Å². The second kappa shape index (κ2) is 9.54. The molecule has 0 aliphatic carbocycles. The topological polar surface area (TPSA) is 77.5 Å². The molecule has 1 aromatic heterocycles. The fourth-order valence-corrected chi connectivity index (χ4v) is 3.55. The van der Waals surface area contributed by atoms with Gasteiger partial charge in [-0.05, 0) is 36.8 Å². The number of rotatable bonds is 7. The Morgan fingerprint density at radius 3 is 2.76 bits per heavy atom. The van der Waals surface area contributed by atoms with Crippen molar-refractivity contribution in [1.29, 1.82) is 0 Å². The summed E-state index contributed by atoms with van der Waals surface area (Å²) in [7, 11) is 1.47. The van der Waals surface area contributed by atoms with Crippen molar-refractivity contribution in [3.05, 3.63) is 74.7 Å². The largest absolute Gasteiger partial charge is 0.496 e. The number of aryl methyl sites for hydroxylation is 1. The smallest absolute Gasteiger partial charge is 0.342 e. The summed E-state index contributed by atoms with van der Waals surface area (Å²) in [4.78, 5) is 28.9. The highest BCUT2D eigenvalue weighted by Gasteiger charge is 2.16. The number of anilines is 1. The predicted octanol–water partition coefficient (Wildman–Crippen LogP) is 4.65. The van der Waals surface area contributed by atoms with E-state index >= 15 is 0 Å². The van der Waals surface area contributed by atoms with Crippen LogP contribution < -0.4 is 10.1 Å². The van der Waals surface area contributed by atoms with Gasteiger partial charge >= 0.3 is 5.97 Å². The molecule has 0 spiro atoms. The lowest BCUT2D eigenvalue weighted by atomic mass is 10.2. The number of nitrogens with zero attached hydrogens (tertiary/aromatic N) is 1. The molecule has 1 heterocycles. The standard InChI is InChI=1S/C21H19ClN2O4S/c1-13-5-3-4-6-17(13)24-19(25)10-20-23-15(12-29-20)11-28-21(26)16-9-14(22)7-8-18(16)27-2/h3-9,12H,10-11H2,1-2H3,(H,24,25). The summed E-state index contributed by atoms with van der Waals surface area (Å²) >= 11 is 7.28. The lowest BCUT2D eigenvalue weighted by Crippen LogP contribution is -2.15. The third-order valence-electron chi connectivity index (χ3n) is 4.06. The summed E-state index contributed by atoms with van der Waals surface area (Å²) in [5.74, 6) is -0.330. The molecule has 1 N–H and O–H groups in total. The molecule has 0 aliphatic rings. The van der Waals surface area contributed by atoms with Crippen molar-refractivity contribution in [2.75, 3.05) is 12.4 Å². The Morgan fingerprint density at radius 2 is 2.00 bits per heavy atom. The van der Waals surface area contributed by atoms with E-state index in [1.807, 2.05) is 31.2 Å². The minimum absolute atomic E-state index is 0.00951. The Kier molecular flexibility index (Phi) is 6.85. The molecule has 1 amide bonds. The highest BCUT2D eigenvalue weighted by molar-refractivity contribution is 7.09. The zero-order valence-corrected chi connectivity index (χ0v) is 17.5. The highest BCUT2D eigenvalue weighted by atomic mass is 35.5. The molecule has 8 heteroatoms. The van der Waals surface area contributed by atoms with Crippen molar-refractivity contribution in [3.63, 3.8) is 0 Å². The van der Waals surface area contributed by atoms with Gasteiger partial charge in [0, 0.05) is 16.1 Å². The normalized spacial score (nSPS) is 10.4. The molecule has 3 aromatic rings. The summed E-state index contributed by atoms with van der Waals surface area (Å²) in [6.45, 7) is 1.92. The second-order valence-electron chi connectivity index (χ2n) is 6.19. The first-order valence-corrected chi connectivity index (χ1v) is 10.0. The van der Waals surface area contributed by atoms with Crippen molar-refractivity contribution < 1.29 is 19.1 Å². The number of carbonyl (C=O) groups is 2. The molecule has 29 heavy (non-hydrogen) atoms. The van der Waals surface area contributed by atoms with Gasteiger partial charge in [0.25, 0.3) is 0 Å². The molecule has 0 saturated carbocycles. The van der Waals surface area contributed by atoms with Crippen LogP contribution in [0.4, 0.5) is 5.69 Å². The first kappa shape index (κ1) is 20.8. The Morgan fingerprint density at radius 1 is 1.21 bits per heavy atom. The fourth-order valence-electron chi connectivity index (χ4n) is 2.60. The van der Waals surface area contributed by atoms with E-state index in [2.05, 4.69) is 10.3 Å². The van der Waals surface area contributed by atoms with Crippen molar-refractivity contribution >= 4 is 40.5 Å². The van der Waals surface area contributed by atoms with Crippen LogP contribution in [0.3, 0.4) is 0 Å². The predicted molar refractivity (Wildman–Crippen MR) is 113 cm³/mol. The van der Waals surface area contributed by atoms with E-state index in [0.29, 0.717) is 21.5 Å². The van der Waals surface area contributed by atoms with Gasteiger partial charge in [-0.15, -0.1) is 11.3 Å². The van der Waals surface area contributed by atoms with E-state index in [9.17, 15) is 9.59 Å². The molecule has 6 nitrogen and oxygen atoms in total. The van der Waals surface area contributed by atoms with Crippen molar-refractivity contribution in [3.8, 4) is 5.75 Å². The maximum atomic E-state index is 12.3. The van der Waals surface area contributed by atoms with Crippen molar-refractivity contribution in [2.45, 2.75) is 20.0 Å². The number of hydrogen-bond donors (Lipinski definition) is 1. The highest BCUT2D eigenvalue weighted by Crippen LogP contribution is 2.24. The third kappa shape index (κ3) is 5.56. The Labute approximate surface area is 177 Å². The van der Waals surface area contributed by atoms with Crippen LogP contribution in [0.25, 0.3) is 0 Å². The van der Waals surface area contributed by atoms with Gasteiger partial charge < -0.3 is 14.8 Å². The number of halogens is 1. The Balaban J connectivity index is 1.56. The Hall–Kier alpha value is -2.90. The van der Waals surface area contributed by atoms with Crippen LogP contribution in [0.2, 0.25) is 5.02 Å². The minimum Gasteiger partial charge on any atom is -0.496 e. The number of hydrogen-bond acceptors (Lipinski definition) is 6. The molecular formula is C21H19ClN2O4S. The summed E-state index contributed by atoms with van der Waals surface area (Å²) in [6.07, 6.45) is 0.148. The number of ether oxygens (including phenoxy) is 2. The SMILES string of the molecule is COc1ccc(Cl)cc1C(=O)OCc1csc(CC(=O)Nc2ccccc2C)n1. The van der Waals surface area contributed by atoms with Crippen LogP contribution in [0.1, 0.15) is 26.6 Å². The maximum absolute atomic E-state index is 12.3. The lowest BCUT2D eigenvalue weighted by Gasteiger charge is -2.08. The number of esters is 1.